The van der Waals surface area contributed by atoms with Crippen LogP contribution in [0.1, 0.15) is 35.4 Å². The quantitative estimate of drug-likeness (QED) is 0.307. The maximum absolute atomic E-state index is 14.0. The lowest BCUT2D eigenvalue weighted by Crippen LogP contribution is -2.25. The van der Waals surface area contributed by atoms with E-state index in [1.165, 1.54) is 21.3 Å². The van der Waals surface area contributed by atoms with Crippen molar-refractivity contribution in [1.82, 2.24) is 19.1 Å². The minimum Gasteiger partial charge on any atom is -0.505 e. The summed E-state index contributed by atoms with van der Waals surface area (Å²) in [5, 5.41) is 11.4. The maximum Gasteiger partial charge on any atom is 0.417 e. The van der Waals surface area contributed by atoms with E-state index in [4.69, 9.17) is 16.6 Å². The maximum atomic E-state index is 14.0. The highest BCUT2D eigenvalue weighted by atomic mass is 35.5. The minimum absolute atomic E-state index is 0.00501. The number of thiophene rings is 1. The fraction of sp³-hybridized carbons (Fsp3) is 0.231. The van der Waals surface area contributed by atoms with Crippen LogP contribution >= 0.6 is 22.9 Å². The Balaban J connectivity index is 1.66. The molecule has 0 amide bonds. The zero-order valence-electron chi connectivity index (χ0n) is 19.7. The van der Waals surface area contributed by atoms with E-state index in [9.17, 15) is 27.9 Å². The number of aromatic nitrogens is 4. The molecule has 7 nitrogen and oxygen atoms in total. The highest BCUT2D eigenvalue weighted by molar-refractivity contribution is 7.25. The van der Waals surface area contributed by atoms with Crippen LogP contribution in [0.15, 0.2) is 52.3 Å². The number of aryl methyl sites for hydroxylation is 1. The zero-order chi connectivity index (χ0) is 26.9. The van der Waals surface area contributed by atoms with Gasteiger partial charge in [-0.05, 0) is 42.0 Å². The summed E-state index contributed by atoms with van der Waals surface area (Å²) in [6.07, 6.45) is -0.812. The van der Waals surface area contributed by atoms with Gasteiger partial charge in [0.25, 0.3) is 5.56 Å². The van der Waals surface area contributed by atoms with Gasteiger partial charge in [-0.25, -0.2) is 4.98 Å². The Kier molecular flexibility index (Phi) is 5.62. The van der Waals surface area contributed by atoms with Crippen LogP contribution in [0, 0.1) is 0 Å². The van der Waals surface area contributed by atoms with Gasteiger partial charge in [-0.15, -0.1) is 11.3 Å². The molecular weight excluding hydrogens is 541 g/mol. The number of alkyl halides is 3. The molecule has 0 saturated heterocycles. The van der Waals surface area contributed by atoms with Crippen LogP contribution < -0.4 is 11.1 Å². The summed E-state index contributed by atoms with van der Waals surface area (Å²) in [6, 6.07) is 7.16. The molecule has 0 aliphatic heterocycles. The lowest BCUT2D eigenvalue weighted by molar-refractivity contribution is -0.137. The third-order valence-electron chi connectivity index (χ3n) is 6.65. The number of fused-ring (bicyclic) bond motifs is 3. The zero-order valence-corrected chi connectivity index (χ0v) is 21.3. The summed E-state index contributed by atoms with van der Waals surface area (Å²) >= 11 is 7.16. The van der Waals surface area contributed by atoms with Crippen molar-refractivity contribution in [3.8, 4) is 17.3 Å². The Hall–Kier alpha value is -3.70. The first-order valence-corrected chi connectivity index (χ1v) is 12.8. The number of phenolic OH excluding ortho intramolecular Hbond substituents is 1. The van der Waals surface area contributed by atoms with Crippen LogP contribution in [-0.4, -0.2) is 24.2 Å². The van der Waals surface area contributed by atoms with Gasteiger partial charge >= 0.3 is 6.18 Å². The summed E-state index contributed by atoms with van der Waals surface area (Å²) < 4.78 is 43.7. The minimum atomic E-state index is -4.57. The number of pyridine rings is 2. The number of rotatable bonds is 4. The van der Waals surface area contributed by atoms with E-state index < -0.39 is 17.3 Å². The van der Waals surface area contributed by atoms with Gasteiger partial charge in [-0.1, -0.05) is 23.7 Å². The molecule has 0 radical (unpaired) electrons. The Morgan fingerprint density at radius 3 is 2.63 bits per heavy atom. The first-order chi connectivity index (χ1) is 18.0. The van der Waals surface area contributed by atoms with Gasteiger partial charge in [0.2, 0.25) is 5.56 Å². The number of nitrogens with zero attached hydrogens (tertiary/aromatic N) is 4. The molecule has 1 aromatic carbocycles. The molecule has 0 bridgehead atoms. The fourth-order valence-electron chi connectivity index (χ4n) is 4.57. The summed E-state index contributed by atoms with van der Waals surface area (Å²) in [5.41, 5.74) is -0.349. The van der Waals surface area contributed by atoms with Crippen molar-refractivity contribution in [2.75, 3.05) is 0 Å². The smallest absolute Gasteiger partial charge is 0.417 e. The van der Waals surface area contributed by atoms with Crippen molar-refractivity contribution in [3.05, 3.63) is 85.1 Å². The highest BCUT2D eigenvalue weighted by Crippen LogP contribution is 2.46. The van der Waals surface area contributed by atoms with Crippen molar-refractivity contribution in [2.45, 2.75) is 31.5 Å². The number of aromatic hydroxyl groups is 1. The van der Waals surface area contributed by atoms with E-state index in [0.717, 1.165) is 23.6 Å². The molecule has 0 spiro atoms. The Morgan fingerprint density at radius 2 is 1.95 bits per heavy atom. The predicted molar refractivity (Wildman–Crippen MR) is 139 cm³/mol. The molecule has 1 N–H and O–H groups in total. The second-order valence-corrected chi connectivity index (χ2v) is 10.7. The van der Waals surface area contributed by atoms with E-state index in [2.05, 4.69) is 4.98 Å². The molecule has 38 heavy (non-hydrogen) atoms. The SMILES string of the molecule is Cn1cc(Cn2c(-c3ncc(C(F)(F)F)cc3C3CC3)nc3sc4c(O)c(Cl)ccc4c3c2=O)ccc1=O. The van der Waals surface area contributed by atoms with Crippen molar-refractivity contribution in [2.24, 2.45) is 7.05 Å². The molecule has 1 saturated carbocycles. The Morgan fingerprint density at radius 1 is 1.18 bits per heavy atom. The second kappa shape index (κ2) is 8.67. The van der Waals surface area contributed by atoms with Gasteiger partial charge < -0.3 is 9.67 Å². The molecular formula is C26H18ClF3N4O3S. The molecule has 1 aliphatic carbocycles. The normalized spacial score (nSPS) is 14.0. The van der Waals surface area contributed by atoms with E-state index in [-0.39, 0.29) is 45.7 Å². The number of phenols is 1. The number of benzene rings is 1. The Bertz CT molecular complexity index is 1890. The first kappa shape index (κ1) is 24.6. The first-order valence-electron chi connectivity index (χ1n) is 11.6. The van der Waals surface area contributed by atoms with Crippen molar-refractivity contribution < 1.29 is 18.3 Å². The van der Waals surface area contributed by atoms with E-state index in [1.54, 1.807) is 25.4 Å². The molecule has 4 heterocycles. The van der Waals surface area contributed by atoms with Crippen LogP contribution in [-0.2, 0) is 19.8 Å². The monoisotopic (exact) mass is 558 g/mol. The van der Waals surface area contributed by atoms with Crippen LogP contribution in [0.5, 0.6) is 5.75 Å². The van der Waals surface area contributed by atoms with Crippen molar-refractivity contribution in [3.63, 3.8) is 0 Å². The van der Waals surface area contributed by atoms with Gasteiger partial charge in [0.1, 0.15) is 10.5 Å². The largest absolute Gasteiger partial charge is 0.505 e. The lowest BCUT2D eigenvalue weighted by atomic mass is 10.0. The lowest BCUT2D eigenvalue weighted by Gasteiger charge is -2.16. The highest BCUT2D eigenvalue weighted by Gasteiger charge is 2.36. The molecule has 1 fully saturated rings. The summed E-state index contributed by atoms with van der Waals surface area (Å²) in [4.78, 5) is 35.1. The summed E-state index contributed by atoms with van der Waals surface area (Å²) in [6.45, 7) is -0.00501. The van der Waals surface area contributed by atoms with Crippen LogP contribution in [0.3, 0.4) is 0 Å². The van der Waals surface area contributed by atoms with Crippen LogP contribution in [0.2, 0.25) is 5.02 Å². The predicted octanol–water partition coefficient (Wildman–Crippen LogP) is 5.68. The van der Waals surface area contributed by atoms with Crippen LogP contribution in [0.4, 0.5) is 13.2 Å². The van der Waals surface area contributed by atoms with Gasteiger partial charge in [-0.3, -0.25) is 19.1 Å². The van der Waals surface area contributed by atoms with E-state index in [1.807, 2.05) is 0 Å². The molecule has 0 unspecified atom stereocenters. The van der Waals surface area contributed by atoms with Gasteiger partial charge in [-0.2, -0.15) is 13.2 Å². The topological polar surface area (TPSA) is 90.0 Å². The summed E-state index contributed by atoms with van der Waals surface area (Å²) in [7, 11) is 1.58. The van der Waals surface area contributed by atoms with Crippen molar-refractivity contribution >= 4 is 43.2 Å². The molecule has 4 aromatic heterocycles. The van der Waals surface area contributed by atoms with Crippen molar-refractivity contribution in [1.29, 1.82) is 0 Å². The molecule has 0 atom stereocenters. The van der Waals surface area contributed by atoms with Gasteiger partial charge in [0.15, 0.2) is 11.6 Å². The fourth-order valence-corrected chi connectivity index (χ4v) is 5.89. The van der Waals surface area contributed by atoms with Gasteiger partial charge in [0.05, 0.1) is 27.2 Å². The molecule has 6 rings (SSSR count). The van der Waals surface area contributed by atoms with E-state index >= 15 is 0 Å². The molecule has 194 valence electrons. The van der Waals surface area contributed by atoms with Crippen LogP contribution in [0.25, 0.3) is 31.8 Å². The number of halogens is 4. The average molecular weight is 559 g/mol. The van der Waals surface area contributed by atoms with E-state index in [0.29, 0.717) is 38.9 Å². The molecule has 12 heteroatoms. The number of hydrogen-bond acceptors (Lipinski definition) is 6. The standard InChI is InChI=1S/C26H18ClF3N4O3S/c1-33-10-12(2-7-18(33)35)11-34-23(20-16(13-3-4-13)8-14(9-31-20)26(28,29)30)32-24-19(25(34)37)15-5-6-17(27)21(36)22(15)38-24/h2,5-10,13,36H,3-4,11H2,1H3. The third kappa shape index (κ3) is 4.06. The van der Waals surface area contributed by atoms with Gasteiger partial charge in [0, 0.05) is 30.9 Å². The summed E-state index contributed by atoms with van der Waals surface area (Å²) in [5.74, 6) is -0.183. The number of hydrogen-bond donors (Lipinski definition) is 1. The Labute approximate surface area is 221 Å². The average Bonchev–Trinajstić information content (AvgIpc) is 3.65. The molecule has 5 aromatic rings. The third-order valence-corrected chi connectivity index (χ3v) is 8.06. The molecule has 1 aliphatic rings. The second-order valence-electron chi connectivity index (χ2n) is 9.30.